The first-order valence-corrected chi connectivity index (χ1v) is 7.15. The Balaban J connectivity index is 2.67. The summed E-state index contributed by atoms with van der Waals surface area (Å²) >= 11 is 0. The van der Waals surface area contributed by atoms with Gasteiger partial charge in [-0.05, 0) is 26.3 Å². The Labute approximate surface area is 103 Å². The molecule has 0 radical (unpaired) electrons. The molecular weight excluding hydrogens is 236 g/mol. The number of rotatable bonds is 5. The van der Waals surface area contributed by atoms with Crippen LogP contribution in [0.4, 0.5) is 0 Å². The first kappa shape index (κ1) is 14.2. The highest BCUT2D eigenvalue weighted by Crippen LogP contribution is 2.08. The summed E-state index contributed by atoms with van der Waals surface area (Å²) in [5.74, 6) is -0.00917. The van der Waals surface area contributed by atoms with Gasteiger partial charge in [0, 0.05) is 12.1 Å². The fourth-order valence-corrected chi connectivity index (χ4v) is 2.68. The molecule has 0 aliphatic carbocycles. The van der Waals surface area contributed by atoms with Gasteiger partial charge in [0.2, 0.25) is 10.0 Å². The van der Waals surface area contributed by atoms with Gasteiger partial charge in [0.25, 0.3) is 0 Å². The van der Waals surface area contributed by atoms with E-state index in [0.717, 1.165) is 11.1 Å². The highest BCUT2D eigenvalue weighted by Gasteiger charge is 2.17. The molecule has 1 aromatic carbocycles. The summed E-state index contributed by atoms with van der Waals surface area (Å²) < 4.78 is 26.1. The second kappa shape index (κ2) is 5.16. The van der Waals surface area contributed by atoms with E-state index < -0.39 is 15.6 Å². The summed E-state index contributed by atoms with van der Waals surface area (Å²) in [6, 6.07) is 7.46. The summed E-state index contributed by atoms with van der Waals surface area (Å²) in [6.45, 7) is 5.73. The third-order valence-electron chi connectivity index (χ3n) is 2.19. The Hall–Kier alpha value is -0.910. The number of hydrogen-bond acceptors (Lipinski definition) is 3. The molecule has 0 unspecified atom stereocenters. The van der Waals surface area contributed by atoms with Crippen LogP contribution in [0.3, 0.4) is 0 Å². The van der Waals surface area contributed by atoms with Crippen molar-refractivity contribution in [1.82, 2.24) is 4.72 Å². The molecule has 17 heavy (non-hydrogen) atoms. The van der Waals surface area contributed by atoms with Crippen LogP contribution in [0.25, 0.3) is 0 Å². The van der Waals surface area contributed by atoms with Gasteiger partial charge in [0.15, 0.2) is 0 Å². The molecule has 3 N–H and O–H groups in total. The first-order chi connectivity index (χ1) is 7.68. The van der Waals surface area contributed by atoms with Gasteiger partial charge in [-0.3, -0.25) is 0 Å². The summed E-state index contributed by atoms with van der Waals surface area (Å²) in [5.41, 5.74) is 7.03. The fraction of sp³-hybridized carbons (Fsp3) is 0.500. The highest BCUT2D eigenvalue weighted by atomic mass is 32.2. The van der Waals surface area contributed by atoms with Crippen molar-refractivity contribution in [2.45, 2.75) is 32.1 Å². The lowest BCUT2D eigenvalue weighted by molar-refractivity contribution is 0.497. The van der Waals surface area contributed by atoms with Crippen molar-refractivity contribution >= 4 is 10.0 Å². The first-order valence-electron chi connectivity index (χ1n) is 5.50. The smallest absolute Gasteiger partial charge is 0.215 e. The standard InChI is InChI=1S/C12H20N2O2S/c1-10-5-4-6-11(7-10)8-17(15,16)14-9-12(2,3)13/h4-7,14H,8-9,13H2,1-3H3. The van der Waals surface area contributed by atoms with Crippen molar-refractivity contribution in [2.75, 3.05) is 6.54 Å². The average molecular weight is 256 g/mol. The number of hydrogen-bond donors (Lipinski definition) is 2. The molecule has 4 nitrogen and oxygen atoms in total. The number of sulfonamides is 1. The van der Waals surface area contributed by atoms with E-state index in [4.69, 9.17) is 5.73 Å². The molecule has 0 atom stereocenters. The molecule has 0 bridgehead atoms. The maximum atomic E-state index is 11.8. The molecular formula is C12H20N2O2S. The summed E-state index contributed by atoms with van der Waals surface area (Å²) in [6.07, 6.45) is 0. The largest absolute Gasteiger partial charge is 0.324 e. The number of nitrogens with two attached hydrogens (primary N) is 1. The molecule has 0 spiro atoms. The maximum absolute atomic E-state index is 11.8. The van der Waals surface area contributed by atoms with Crippen LogP contribution in [0.2, 0.25) is 0 Å². The second-order valence-corrected chi connectivity index (χ2v) is 6.86. The van der Waals surface area contributed by atoms with Gasteiger partial charge in [0.1, 0.15) is 0 Å². The Morgan fingerprint density at radius 1 is 1.35 bits per heavy atom. The molecule has 0 aliphatic rings. The van der Waals surface area contributed by atoms with Crippen LogP contribution in [-0.4, -0.2) is 20.5 Å². The Morgan fingerprint density at radius 2 is 2.00 bits per heavy atom. The lowest BCUT2D eigenvalue weighted by Crippen LogP contribution is -2.45. The van der Waals surface area contributed by atoms with Crippen LogP contribution in [0, 0.1) is 6.92 Å². The Bertz CT molecular complexity index is 476. The minimum atomic E-state index is -3.31. The molecule has 0 saturated heterocycles. The van der Waals surface area contributed by atoms with Crippen molar-refractivity contribution < 1.29 is 8.42 Å². The summed E-state index contributed by atoms with van der Waals surface area (Å²) in [4.78, 5) is 0. The van der Waals surface area contributed by atoms with E-state index in [1.165, 1.54) is 0 Å². The lowest BCUT2D eigenvalue weighted by Gasteiger charge is -2.18. The van der Waals surface area contributed by atoms with Gasteiger partial charge in [0.05, 0.1) is 5.75 Å². The maximum Gasteiger partial charge on any atom is 0.215 e. The van der Waals surface area contributed by atoms with Crippen LogP contribution in [0.5, 0.6) is 0 Å². The third kappa shape index (κ3) is 5.81. The number of aryl methyl sites for hydroxylation is 1. The Morgan fingerprint density at radius 3 is 2.53 bits per heavy atom. The van der Waals surface area contributed by atoms with E-state index in [1.54, 1.807) is 19.9 Å². The van der Waals surface area contributed by atoms with E-state index in [1.807, 2.05) is 25.1 Å². The topological polar surface area (TPSA) is 72.2 Å². The van der Waals surface area contributed by atoms with Crippen LogP contribution in [0.1, 0.15) is 25.0 Å². The third-order valence-corrected chi connectivity index (χ3v) is 3.48. The van der Waals surface area contributed by atoms with Crippen LogP contribution in [-0.2, 0) is 15.8 Å². The molecule has 0 aliphatic heterocycles. The van der Waals surface area contributed by atoms with Gasteiger partial charge in [-0.2, -0.15) is 0 Å². The molecule has 1 aromatic rings. The molecule has 0 fully saturated rings. The van der Waals surface area contributed by atoms with Crippen molar-refractivity contribution in [3.63, 3.8) is 0 Å². The van der Waals surface area contributed by atoms with Crippen molar-refractivity contribution in [3.8, 4) is 0 Å². The van der Waals surface area contributed by atoms with Gasteiger partial charge >= 0.3 is 0 Å². The van der Waals surface area contributed by atoms with Gasteiger partial charge in [-0.1, -0.05) is 29.8 Å². The van der Waals surface area contributed by atoms with Crippen molar-refractivity contribution in [3.05, 3.63) is 35.4 Å². The minimum absolute atomic E-state index is 0.00917. The van der Waals surface area contributed by atoms with E-state index >= 15 is 0 Å². The van der Waals surface area contributed by atoms with E-state index in [2.05, 4.69) is 4.72 Å². The zero-order valence-corrected chi connectivity index (χ0v) is 11.3. The summed E-state index contributed by atoms with van der Waals surface area (Å²) in [7, 11) is -3.31. The zero-order valence-electron chi connectivity index (χ0n) is 10.5. The van der Waals surface area contributed by atoms with Crippen molar-refractivity contribution in [1.29, 1.82) is 0 Å². The quantitative estimate of drug-likeness (QED) is 0.830. The van der Waals surface area contributed by atoms with E-state index in [-0.39, 0.29) is 12.3 Å². The summed E-state index contributed by atoms with van der Waals surface area (Å²) in [5, 5.41) is 0. The Kier molecular flexibility index (Phi) is 4.30. The lowest BCUT2D eigenvalue weighted by atomic mass is 10.1. The normalized spacial score (nSPS) is 12.7. The van der Waals surface area contributed by atoms with E-state index in [0.29, 0.717) is 0 Å². The number of nitrogens with one attached hydrogen (secondary N) is 1. The highest BCUT2D eigenvalue weighted by molar-refractivity contribution is 7.88. The monoisotopic (exact) mass is 256 g/mol. The van der Waals surface area contributed by atoms with Crippen LogP contribution < -0.4 is 10.5 Å². The van der Waals surface area contributed by atoms with Gasteiger partial charge < -0.3 is 5.73 Å². The van der Waals surface area contributed by atoms with Crippen LogP contribution >= 0.6 is 0 Å². The minimum Gasteiger partial charge on any atom is -0.324 e. The predicted molar refractivity (Wildman–Crippen MR) is 70.1 cm³/mol. The second-order valence-electron chi connectivity index (χ2n) is 5.06. The molecule has 0 saturated carbocycles. The fourth-order valence-electron chi connectivity index (χ4n) is 1.37. The average Bonchev–Trinajstić information content (AvgIpc) is 2.13. The molecule has 1 rings (SSSR count). The van der Waals surface area contributed by atoms with Gasteiger partial charge in [-0.15, -0.1) is 0 Å². The molecule has 5 heteroatoms. The molecule has 0 aromatic heterocycles. The number of benzene rings is 1. The SMILES string of the molecule is Cc1cccc(CS(=O)(=O)NCC(C)(C)N)c1. The van der Waals surface area contributed by atoms with E-state index in [9.17, 15) is 8.42 Å². The molecule has 0 amide bonds. The van der Waals surface area contributed by atoms with Crippen LogP contribution in [0.15, 0.2) is 24.3 Å². The van der Waals surface area contributed by atoms with Crippen molar-refractivity contribution in [2.24, 2.45) is 5.73 Å². The zero-order chi connectivity index (χ0) is 13.1. The molecule has 0 heterocycles. The predicted octanol–water partition coefficient (Wildman–Crippen LogP) is 1.15. The van der Waals surface area contributed by atoms with Gasteiger partial charge in [-0.25, -0.2) is 13.1 Å². The molecule has 96 valence electrons.